The van der Waals surface area contributed by atoms with Crippen LogP contribution in [0.25, 0.3) is 0 Å². The molecule has 0 radical (unpaired) electrons. The number of rotatable bonds is 5. The van der Waals surface area contributed by atoms with E-state index in [1.165, 1.54) is 24.9 Å². The standard InChI is InChI=1S/C22H35N3O2/c1-17(2)21-9-4-18(3)10-11-25(21)16-22(26)23-19-5-7-20(8-6-19)24-12-14-27-15-13-24/h5-8,17-18,21H,4,9-16H2,1-3H3,(H,23,26). The van der Waals surface area contributed by atoms with Crippen LogP contribution in [-0.4, -0.2) is 56.2 Å². The lowest BCUT2D eigenvalue weighted by Gasteiger charge is -2.32. The van der Waals surface area contributed by atoms with E-state index in [-0.39, 0.29) is 5.91 Å². The van der Waals surface area contributed by atoms with Crippen LogP contribution < -0.4 is 10.2 Å². The summed E-state index contributed by atoms with van der Waals surface area (Å²) in [7, 11) is 0. The maximum Gasteiger partial charge on any atom is 0.238 e. The van der Waals surface area contributed by atoms with Crippen molar-refractivity contribution >= 4 is 17.3 Å². The van der Waals surface area contributed by atoms with Crippen LogP contribution in [0.3, 0.4) is 0 Å². The predicted octanol–water partition coefficient (Wildman–Crippen LogP) is 3.61. The van der Waals surface area contributed by atoms with Crippen molar-refractivity contribution in [3.63, 3.8) is 0 Å². The third-order valence-electron chi connectivity index (χ3n) is 5.98. The van der Waals surface area contributed by atoms with Crippen LogP contribution >= 0.6 is 0 Å². The number of hydrogen-bond acceptors (Lipinski definition) is 4. The number of carbonyl (C=O) groups is 1. The molecular formula is C22H35N3O2. The van der Waals surface area contributed by atoms with Crippen molar-refractivity contribution in [2.75, 3.05) is 49.6 Å². The number of hydrogen-bond donors (Lipinski definition) is 1. The Bertz CT molecular complexity index is 596. The Morgan fingerprint density at radius 2 is 1.81 bits per heavy atom. The van der Waals surface area contributed by atoms with Crippen molar-refractivity contribution in [2.45, 2.75) is 46.1 Å². The van der Waals surface area contributed by atoms with E-state index in [0.29, 0.717) is 18.5 Å². The molecular weight excluding hydrogens is 338 g/mol. The highest BCUT2D eigenvalue weighted by atomic mass is 16.5. The highest BCUT2D eigenvalue weighted by Crippen LogP contribution is 2.26. The van der Waals surface area contributed by atoms with Crippen molar-refractivity contribution in [3.8, 4) is 0 Å². The van der Waals surface area contributed by atoms with E-state index >= 15 is 0 Å². The molecule has 1 aromatic carbocycles. The normalized spacial score (nSPS) is 24.7. The van der Waals surface area contributed by atoms with Crippen LogP contribution in [0.5, 0.6) is 0 Å². The van der Waals surface area contributed by atoms with E-state index in [2.05, 4.69) is 48.0 Å². The van der Waals surface area contributed by atoms with Crippen LogP contribution in [0.1, 0.15) is 40.0 Å². The van der Waals surface area contributed by atoms with E-state index in [9.17, 15) is 4.79 Å². The topological polar surface area (TPSA) is 44.8 Å². The molecule has 0 spiro atoms. The van der Waals surface area contributed by atoms with Gasteiger partial charge in [0.2, 0.25) is 5.91 Å². The number of amides is 1. The predicted molar refractivity (Wildman–Crippen MR) is 111 cm³/mol. The molecule has 5 heteroatoms. The van der Waals surface area contributed by atoms with Crippen LogP contribution in [-0.2, 0) is 9.53 Å². The summed E-state index contributed by atoms with van der Waals surface area (Å²) in [5.74, 6) is 1.43. The largest absolute Gasteiger partial charge is 0.378 e. The molecule has 0 saturated carbocycles. The number of anilines is 2. The third kappa shape index (κ3) is 5.69. The second kappa shape index (κ2) is 9.56. The maximum atomic E-state index is 12.6. The van der Waals surface area contributed by atoms with E-state index in [1.807, 2.05) is 12.1 Å². The number of ether oxygens (including phenoxy) is 1. The average Bonchev–Trinajstić information content (AvgIpc) is 2.85. The number of nitrogens with zero attached hydrogens (tertiary/aromatic N) is 2. The Labute approximate surface area is 164 Å². The highest BCUT2D eigenvalue weighted by molar-refractivity contribution is 5.92. The second-order valence-electron chi connectivity index (χ2n) is 8.45. The van der Waals surface area contributed by atoms with Crippen LogP contribution in [0.15, 0.2) is 24.3 Å². The number of carbonyl (C=O) groups excluding carboxylic acids is 1. The zero-order valence-corrected chi connectivity index (χ0v) is 17.1. The number of morpholine rings is 1. The first kappa shape index (κ1) is 20.2. The van der Waals surface area contributed by atoms with Gasteiger partial charge in [0.05, 0.1) is 19.8 Å². The molecule has 5 nitrogen and oxygen atoms in total. The van der Waals surface area contributed by atoms with Crippen LogP contribution in [0, 0.1) is 11.8 Å². The fraction of sp³-hybridized carbons (Fsp3) is 0.682. The lowest BCUT2D eigenvalue weighted by atomic mass is 9.95. The number of benzene rings is 1. The van der Waals surface area contributed by atoms with Gasteiger partial charge < -0.3 is 15.0 Å². The molecule has 27 heavy (non-hydrogen) atoms. The first-order valence-corrected chi connectivity index (χ1v) is 10.5. The minimum atomic E-state index is 0.0920. The summed E-state index contributed by atoms with van der Waals surface area (Å²) < 4.78 is 5.41. The molecule has 2 aliphatic heterocycles. The van der Waals surface area contributed by atoms with Crippen LogP contribution in [0.2, 0.25) is 0 Å². The molecule has 2 saturated heterocycles. The molecule has 1 N–H and O–H groups in total. The lowest BCUT2D eigenvalue weighted by molar-refractivity contribution is -0.118. The molecule has 0 bridgehead atoms. The maximum absolute atomic E-state index is 12.6. The van der Waals surface area contributed by atoms with Gasteiger partial charge in [0, 0.05) is 30.5 Å². The molecule has 2 aliphatic rings. The highest BCUT2D eigenvalue weighted by Gasteiger charge is 2.27. The molecule has 0 aliphatic carbocycles. The monoisotopic (exact) mass is 373 g/mol. The fourth-order valence-corrected chi connectivity index (χ4v) is 4.25. The minimum absolute atomic E-state index is 0.0920. The Hall–Kier alpha value is -1.59. The van der Waals surface area contributed by atoms with Crippen molar-refractivity contribution in [1.29, 1.82) is 0 Å². The van der Waals surface area contributed by atoms with Gasteiger partial charge in [0.25, 0.3) is 0 Å². The van der Waals surface area contributed by atoms with E-state index < -0.39 is 0 Å². The van der Waals surface area contributed by atoms with Gasteiger partial charge in [0.1, 0.15) is 0 Å². The summed E-state index contributed by atoms with van der Waals surface area (Å²) in [5.41, 5.74) is 2.07. The third-order valence-corrected chi connectivity index (χ3v) is 5.98. The molecule has 2 heterocycles. The Kier molecular flexibility index (Phi) is 7.13. The Balaban J connectivity index is 1.56. The Morgan fingerprint density at radius 1 is 1.11 bits per heavy atom. The molecule has 3 rings (SSSR count). The van der Waals surface area contributed by atoms with Gasteiger partial charge in [-0.25, -0.2) is 0 Å². The molecule has 150 valence electrons. The smallest absolute Gasteiger partial charge is 0.238 e. The first-order valence-electron chi connectivity index (χ1n) is 10.5. The molecule has 1 aromatic rings. The van der Waals surface area contributed by atoms with Gasteiger partial charge in [-0.3, -0.25) is 9.69 Å². The zero-order chi connectivity index (χ0) is 19.2. The van der Waals surface area contributed by atoms with Gasteiger partial charge >= 0.3 is 0 Å². The van der Waals surface area contributed by atoms with Crippen molar-refractivity contribution in [3.05, 3.63) is 24.3 Å². The fourth-order valence-electron chi connectivity index (χ4n) is 4.25. The quantitative estimate of drug-likeness (QED) is 0.856. The number of likely N-dealkylation sites (tertiary alicyclic amines) is 1. The minimum Gasteiger partial charge on any atom is -0.378 e. The van der Waals surface area contributed by atoms with E-state index in [4.69, 9.17) is 4.74 Å². The van der Waals surface area contributed by atoms with Gasteiger partial charge in [-0.05, 0) is 61.9 Å². The SMILES string of the molecule is CC1CCC(C(C)C)N(CC(=O)Nc2ccc(N3CCOCC3)cc2)CC1. The summed E-state index contributed by atoms with van der Waals surface area (Å²) in [5, 5.41) is 3.09. The molecule has 2 fully saturated rings. The molecule has 0 aromatic heterocycles. The van der Waals surface area contributed by atoms with Crippen molar-refractivity contribution < 1.29 is 9.53 Å². The number of nitrogens with one attached hydrogen (secondary N) is 1. The summed E-state index contributed by atoms with van der Waals surface area (Å²) >= 11 is 0. The zero-order valence-electron chi connectivity index (χ0n) is 17.1. The van der Waals surface area contributed by atoms with E-state index in [1.54, 1.807) is 0 Å². The van der Waals surface area contributed by atoms with Crippen molar-refractivity contribution in [2.24, 2.45) is 11.8 Å². The molecule has 2 unspecified atom stereocenters. The summed E-state index contributed by atoms with van der Waals surface area (Å²) in [6, 6.07) is 8.70. The van der Waals surface area contributed by atoms with Gasteiger partial charge in [-0.15, -0.1) is 0 Å². The second-order valence-corrected chi connectivity index (χ2v) is 8.45. The van der Waals surface area contributed by atoms with Gasteiger partial charge in [0.15, 0.2) is 0 Å². The van der Waals surface area contributed by atoms with Gasteiger partial charge in [-0.1, -0.05) is 20.8 Å². The van der Waals surface area contributed by atoms with Gasteiger partial charge in [-0.2, -0.15) is 0 Å². The van der Waals surface area contributed by atoms with Crippen LogP contribution in [0.4, 0.5) is 11.4 Å². The molecule has 2 atom stereocenters. The summed E-state index contributed by atoms with van der Waals surface area (Å²) in [4.78, 5) is 17.4. The first-order chi connectivity index (χ1) is 13.0. The van der Waals surface area contributed by atoms with Crippen molar-refractivity contribution in [1.82, 2.24) is 4.90 Å². The average molecular weight is 374 g/mol. The Morgan fingerprint density at radius 3 is 2.48 bits per heavy atom. The van der Waals surface area contributed by atoms with E-state index in [0.717, 1.165) is 44.5 Å². The lowest BCUT2D eigenvalue weighted by Crippen LogP contribution is -2.43. The summed E-state index contributed by atoms with van der Waals surface area (Å²) in [6.45, 7) is 11.8. The summed E-state index contributed by atoms with van der Waals surface area (Å²) in [6.07, 6.45) is 3.65. The molecule has 1 amide bonds.